The maximum Gasteiger partial charge on any atom is 0.258 e. The minimum Gasteiger partial charge on any atom is -0.404 e. The van der Waals surface area contributed by atoms with E-state index < -0.39 is 5.60 Å². The van der Waals surface area contributed by atoms with Gasteiger partial charge >= 0.3 is 0 Å². The molecule has 0 atom stereocenters. The first kappa shape index (κ1) is 18.2. The molecule has 1 amide bonds. The standard InChI is InChI=1S/C19H27N3O2/c20-13-17(14-21)18(23)22-11-10-19(24)8-6-16(7-9-19)12-15-4-2-1-3-5-15/h1-5,13-14,16,20,24H,6-12,21H2,(H,22,23)/p+1/b17-14+,20-13?. The zero-order chi connectivity index (χ0) is 17.4. The van der Waals surface area contributed by atoms with Crippen LogP contribution in [0.3, 0.4) is 0 Å². The fraction of sp³-hybridized carbons (Fsp3) is 0.474. The Labute approximate surface area is 143 Å². The van der Waals surface area contributed by atoms with E-state index in [0.29, 0.717) is 18.9 Å². The number of nitrogens with two attached hydrogens (primary N) is 2. The molecule has 2 rings (SSSR count). The molecule has 0 aromatic heterocycles. The largest absolute Gasteiger partial charge is 0.404 e. The van der Waals surface area contributed by atoms with Crippen LogP contribution in [0, 0.1) is 5.92 Å². The van der Waals surface area contributed by atoms with Crippen molar-refractivity contribution in [3.05, 3.63) is 47.7 Å². The second-order valence-corrected chi connectivity index (χ2v) is 6.65. The number of hydrogen-bond donors (Lipinski definition) is 4. The molecular weight excluding hydrogens is 302 g/mol. The summed E-state index contributed by atoms with van der Waals surface area (Å²) in [6.07, 6.45) is 7.58. The number of hydrogen-bond acceptors (Lipinski definition) is 3. The molecule has 0 saturated heterocycles. The Bertz CT molecular complexity index is 576. The molecule has 5 heteroatoms. The minimum absolute atomic E-state index is 0.244. The van der Waals surface area contributed by atoms with Crippen LogP contribution in [-0.4, -0.2) is 29.4 Å². The second kappa shape index (κ2) is 8.64. The number of rotatable bonds is 7. The molecule has 1 aromatic rings. The lowest BCUT2D eigenvalue weighted by Crippen LogP contribution is -2.40. The van der Waals surface area contributed by atoms with Gasteiger partial charge in [0.15, 0.2) is 6.21 Å². The van der Waals surface area contributed by atoms with E-state index in [2.05, 4.69) is 29.6 Å². The van der Waals surface area contributed by atoms with Crippen LogP contribution in [0.15, 0.2) is 42.1 Å². The van der Waals surface area contributed by atoms with Crippen LogP contribution in [0.5, 0.6) is 0 Å². The highest BCUT2D eigenvalue weighted by molar-refractivity contribution is 6.10. The molecule has 0 bridgehead atoms. The van der Waals surface area contributed by atoms with Crippen LogP contribution in [0.2, 0.25) is 0 Å². The predicted octanol–water partition coefficient (Wildman–Crippen LogP) is 0.329. The fourth-order valence-electron chi connectivity index (χ4n) is 3.33. The maximum absolute atomic E-state index is 11.8. The molecule has 0 radical (unpaired) electrons. The molecule has 1 aliphatic rings. The summed E-state index contributed by atoms with van der Waals surface area (Å²) in [5, 5.41) is 18.8. The van der Waals surface area contributed by atoms with Crippen LogP contribution in [0.1, 0.15) is 37.7 Å². The Morgan fingerprint density at radius 1 is 1.33 bits per heavy atom. The Morgan fingerprint density at radius 2 is 2.00 bits per heavy atom. The predicted molar refractivity (Wildman–Crippen MR) is 94.9 cm³/mol. The molecule has 0 unspecified atom stereocenters. The van der Waals surface area contributed by atoms with Crippen LogP contribution in [0.4, 0.5) is 0 Å². The molecule has 1 aliphatic carbocycles. The monoisotopic (exact) mass is 330 g/mol. The van der Waals surface area contributed by atoms with Crippen molar-refractivity contribution in [1.29, 1.82) is 0 Å². The topological polar surface area (TPSA) is 101 Å². The molecule has 1 saturated carbocycles. The molecule has 24 heavy (non-hydrogen) atoms. The van der Waals surface area contributed by atoms with Crippen LogP contribution in [-0.2, 0) is 11.2 Å². The number of aliphatic hydroxyl groups is 1. The molecule has 5 nitrogen and oxygen atoms in total. The van der Waals surface area contributed by atoms with Crippen LogP contribution >= 0.6 is 0 Å². The van der Waals surface area contributed by atoms with Crippen molar-refractivity contribution in [3.63, 3.8) is 0 Å². The number of amides is 1. The average molecular weight is 330 g/mol. The Kier molecular flexibility index (Phi) is 6.55. The van der Waals surface area contributed by atoms with E-state index in [0.717, 1.165) is 32.1 Å². The third kappa shape index (κ3) is 5.20. The zero-order valence-electron chi connectivity index (χ0n) is 14.1. The van der Waals surface area contributed by atoms with Crippen LogP contribution in [0.25, 0.3) is 0 Å². The first-order valence-corrected chi connectivity index (χ1v) is 8.57. The Balaban J connectivity index is 1.74. The van der Waals surface area contributed by atoms with Gasteiger partial charge in [0, 0.05) is 12.7 Å². The summed E-state index contributed by atoms with van der Waals surface area (Å²) in [6.45, 7) is 0.421. The van der Waals surface area contributed by atoms with Crippen LogP contribution < -0.4 is 16.5 Å². The van der Waals surface area contributed by atoms with Gasteiger partial charge in [0.1, 0.15) is 5.57 Å². The zero-order valence-corrected chi connectivity index (χ0v) is 14.1. The highest BCUT2D eigenvalue weighted by Crippen LogP contribution is 2.35. The van der Waals surface area contributed by atoms with Gasteiger partial charge in [0.2, 0.25) is 0 Å². The van der Waals surface area contributed by atoms with Crippen molar-refractivity contribution in [2.75, 3.05) is 6.54 Å². The van der Waals surface area contributed by atoms with E-state index in [1.54, 1.807) is 0 Å². The van der Waals surface area contributed by atoms with Gasteiger partial charge < -0.3 is 16.2 Å². The maximum atomic E-state index is 11.8. The van der Waals surface area contributed by atoms with E-state index in [1.807, 2.05) is 6.07 Å². The van der Waals surface area contributed by atoms with Crippen molar-refractivity contribution in [3.8, 4) is 0 Å². The lowest BCUT2D eigenvalue weighted by atomic mass is 9.75. The molecule has 1 fully saturated rings. The van der Waals surface area contributed by atoms with Crippen molar-refractivity contribution in [2.24, 2.45) is 11.7 Å². The summed E-state index contributed by atoms with van der Waals surface area (Å²) in [5.74, 6) is 0.322. The number of carbonyl (C=O) groups excluding carboxylic acids is 1. The molecule has 130 valence electrons. The molecule has 0 aliphatic heterocycles. The molecule has 1 aromatic carbocycles. The van der Waals surface area contributed by atoms with E-state index in [1.165, 1.54) is 18.0 Å². The van der Waals surface area contributed by atoms with Crippen molar-refractivity contribution < 1.29 is 15.3 Å². The highest BCUT2D eigenvalue weighted by Gasteiger charge is 2.32. The summed E-state index contributed by atoms with van der Waals surface area (Å²) >= 11 is 0. The third-order valence-corrected chi connectivity index (χ3v) is 4.90. The van der Waals surface area contributed by atoms with Crippen molar-refractivity contribution in [1.82, 2.24) is 5.32 Å². The lowest BCUT2D eigenvalue weighted by Gasteiger charge is -2.36. The first-order chi connectivity index (χ1) is 11.6. The van der Waals surface area contributed by atoms with Gasteiger partial charge in [-0.1, -0.05) is 30.3 Å². The molecule has 6 N–H and O–H groups in total. The SMILES string of the molecule is N/C=C(\C=[NH2+])C(=O)NCCC1(O)CCC(Cc2ccccc2)CC1. The van der Waals surface area contributed by atoms with Gasteiger partial charge in [-0.2, -0.15) is 0 Å². The summed E-state index contributed by atoms with van der Waals surface area (Å²) in [4.78, 5) is 11.8. The molecule has 0 spiro atoms. The van der Waals surface area contributed by atoms with Gasteiger partial charge in [-0.3, -0.25) is 10.2 Å². The lowest BCUT2D eigenvalue weighted by molar-refractivity contribution is -0.119. The normalized spacial score (nSPS) is 24.4. The molecule has 0 heterocycles. The van der Waals surface area contributed by atoms with E-state index in [-0.39, 0.29) is 11.5 Å². The smallest absolute Gasteiger partial charge is 0.258 e. The van der Waals surface area contributed by atoms with E-state index in [4.69, 9.17) is 11.1 Å². The number of nitrogens with one attached hydrogen (secondary N) is 1. The highest BCUT2D eigenvalue weighted by atomic mass is 16.3. The first-order valence-electron chi connectivity index (χ1n) is 8.57. The van der Waals surface area contributed by atoms with Gasteiger partial charge in [0.25, 0.3) is 5.91 Å². The van der Waals surface area contributed by atoms with E-state index >= 15 is 0 Å². The molecular formula is C19H28N3O2+. The summed E-state index contributed by atoms with van der Waals surface area (Å²) in [6, 6.07) is 10.5. The van der Waals surface area contributed by atoms with E-state index in [9.17, 15) is 9.90 Å². The van der Waals surface area contributed by atoms with Gasteiger partial charge in [0.05, 0.1) is 5.60 Å². The summed E-state index contributed by atoms with van der Waals surface area (Å²) in [5.41, 5.74) is 6.24. The average Bonchev–Trinajstić information content (AvgIpc) is 2.59. The number of carbonyl (C=O) groups is 1. The second-order valence-electron chi connectivity index (χ2n) is 6.65. The summed E-state index contributed by atoms with van der Waals surface area (Å²) < 4.78 is 0. The van der Waals surface area contributed by atoms with Gasteiger partial charge in [-0.25, -0.2) is 0 Å². The minimum atomic E-state index is -0.681. The quantitative estimate of drug-likeness (QED) is 0.428. The fourth-order valence-corrected chi connectivity index (χ4v) is 3.33. The summed E-state index contributed by atoms with van der Waals surface area (Å²) in [7, 11) is 0. The van der Waals surface area contributed by atoms with Crippen molar-refractivity contribution in [2.45, 2.75) is 44.1 Å². The third-order valence-electron chi connectivity index (χ3n) is 4.90. The Morgan fingerprint density at radius 3 is 2.58 bits per heavy atom. The van der Waals surface area contributed by atoms with Crippen molar-refractivity contribution >= 4 is 12.1 Å². The number of benzene rings is 1. The Hall–Kier alpha value is -2.14. The van der Waals surface area contributed by atoms with Gasteiger partial charge in [-0.15, -0.1) is 0 Å². The van der Waals surface area contributed by atoms with Gasteiger partial charge in [-0.05, 0) is 50.0 Å².